The summed E-state index contributed by atoms with van der Waals surface area (Å²) >= 11 is 5.10. The van der Waals surface area contributed by atoms with E-state index < -0.39 is 0 Å². The van der Waals surface area contributed by atoms with E-state index in [0.717, 1.165) is 27.2 Å². The Morgan fingerprint density at radius 3 is 2.81 bits per heavy atom. The summed E-state index contributed by atoms with van der Waals surface area (Å²) in [6.07, 6.45) is 0. The molecule has 7 nitrogen and oxygen atoms in total. The number of nitrogens with zero attached hydrogens (tertiary/aromatic N) is 2. The van der Waals surface area contributed by atoms with E-state index in [-0.39, 0.29) is 18.4 Å². The largest absolute Gasteiger partial charge is 0.383 e. The van der Waals surface area contributed by atoms with Crippen molar-refractivity contribution in [2.24, 2.45) is 0 Å². The Labute approximate surface area is 164 Å². The lowest BCUT2D eigenvalue weighted by atomic mass is 10.2. The maximum absolute atomic E-state index is 12.6. The van der Waals surface area contributed by atoms with Crippen LogP contribution in [0.15, 0.2) is 28.7 Å². The summed E-state index contributed by atoms with van der Waals surface area (Å²) in [6.45, 7) is 0.940. The maximum Gasteiger partial charge on any atom is 0.256 e. The van der Waals surface area contributed by atoms with Crippen molar-refractivity contribution in [1.29, 1.82) is 0 Å². The van der Waals surface area contributed by atoms with Crippen LogP contribution < -0.4 is 10.6 Å². The molecule has 0 unspecified atom stereocenters. The van der Waals surface area contributed by atoms with Crippen LogP contribution in [0.4, 0.5) is 5.82 Å². The van der Waals surface area contributed by atoms with Crippen LogP contribution in [-0.4, -0.2) is 41.9 Å². The van der Waals surface area contributed by atoms with E-state index in [9.17, 15) is 9.59 Å². The normalized spacial score (nSPS) is 12.7. The molecule has 26 heavy (non-hydrogen) atoms. The number of aromatic nitrogens is 2. The third-order valence-electron chi connectivity index (χ3n) is 3.88. The van der Waals surface area contributed by atoms with Crippen LogP contribution in [0.25, 0.3) is 0 Å². The molecule has 0 bridgehead atoms. The number of fused-ring (bicyclic) bond motifs is 1. The summed E-state index contributed by atoms with van der Waals surface area (Å²) in [5, 5.41) is 10.2. The Balaban J connectivity index is 1.76. The minimum Gasteiger partial charge on any atom is -0.383 e. The number of rotatable bonds is 7. The minimum atomic E-state index is -0.224. The molecule has 138 valence electrons. The van der Waals surface area contributed by atoms with Gasteiger partial charge in [-0.25, -0.2) is 4.68 Å². The van der Waals surface area contributed by atoms with E-state index in [1.165, 1.54) is 0 Å². The van der Waals surface area contributed by atoms with Gasteiger partial charge in [0.2, 0.25) is 5.91 Å². The molecule has 0 aliphatic carbocycles. The van der Waals surface area contributed by atoms with Crippen molar-refractivity contribution in [3.8, 4) is 0 Å². The quantitative estimate of drug-likeness (QED) is 0.648. The van der Waals surface area contributed by atoms with Gasteiger partial charge in [-0.3, -0.25) is 9.59 Å². The van der Waals surface area contributed by atoms with E-state index in [1.807, 2.05) is 12.1 Å². The average molecular weight is 439 g/mol. The van der Waals surface area contributed by atoms with Crippen molar-refractivity contribution >= 4 is 45.3 Å². The monoisotopic (exact) mass is 438 g/mol. The molecular formula is C17H19BrN4O3S. The van der Waals surface area contributed by atoms with Gasteiger partial charge in [-0.05, 0) is 24.3 Å². The molecule has 2 amide bonds. The number of carbonyl (C=O) groups excluding carboxylic acids is 2. The fourth-order valence-corrected chi connectivity index (χ4v) is 3.88. The summed E-state index contributed by atoms with van der Waals surface area (Å²) in [6, 6.07) is 7.12. The van der Waals surface area contributed by atoms with Crippen LogP contribution in [0, 0.1) is 0 Å². The molecule has 0 saturated heterocycles. The summed E-state index contributed by atoms with van der Waals surface area (Å²) in [7, 11) is 1.58. The number of benzene rings is 1. The maximum atomic E-state index is 12.6. The predicted octanol–water partition coefficient (Wildman–Crippen LogP) is 2.41. The second-order valence-electron chi connectivity index (χ2n) is 5.73. The van der Waals surface area contributed by atoms with Gasteiger partial charge in [0.15, 0.2) is 0 Å². The van der Waals surface area contributed by atoms with Gasteiger partial charge in [0.25, 0.3) is 5.91 Å². The predicted molar refractivity (Wildman–Crippen MR) is 104 cm³/mol. The fourth-order valence-electron chi connectivity index (χ4n) is 2.59. The van der Waals surface area contributed by atoms with Crippen LogP contribution in [0.3, 0.4) is 0 Å². The molecule has 3 rings (SSSR count). The molecule has 1 aromatic carbocycles. The molecule has 2 aromatic rings. The smallest absolute Gasteiger partial charge is 0.256 e. The molecule has 0 saturated carbocycles. The highest BCUT2D eigenvalue weighted by molar-refractivity contribution is 9.10. The summed E-state index contributed by atoms with van der Waals surface area (Å²) in [5.41, 5.74) is 2.46. The third-order valence-corrected chi connectivity index (χ3v) is 5.38. The number of hydrogen-bond acceptors (Lipinski definition) is 5. The topological polar surface area (TPSA) is 85.2 Å². The number of hydrogen-bond donors (Lipinski definition) is 2. The number of carbonyl (C=O) groups is 2. The number of thioether (sulfide) groups is 1. The SMILES string of the molecule is COCCNC(=O)Cn1nc2c(c1NC(=O)c1ccc(Br)cc1)CSC2. The van der Waals surface area contributed by atoms with Gasteiger partial charge in [-0.1, -0.05) is 15.9 Å². The highest BCUT2D eigenvalue weighted by Gasteiger charge is 2.25. The van der Waals surface area contributed by atoms with E-state index in [4.69, 9.17) is 4.74 Å². The molecular weight excluding hydrogens is 420 g/mol. The molecule has 1 aromatic heterocycles. The van der Waals surface area contributed by atoms with Crippen LogP contribution in [0.5, 0.6) is 0 Å². The molecule has 0 atom stereocenters. The van der Waals surface area contributed by atoms with Gasteiger partial charge in [0, 0.05) is 40.8 Å². The number of nitrogens with one attached hydrogen (secondary N) is 2. The van der Waals surface area contributed by atoms with E-state index >= 15 is 0 Å². The van der Waals surface area contributed by atoms with Crippen LogP contribution >= 0.6 is 27.7 Å². The Hall–Kier alpha value is -1.84. The lowest BCUT2D eigenvalue weighted by Crippen LogP contribution is -2.31. The third kappa shape index (κ3) is 4.46. The van der Waals surface area contributed by atoms with Crippen molar-refractivity contribution in [3.05, 3.63) is 45.6 Å². The summed E-state index contributed by atoms with van der Waals surface area (Å²) in [5.74, 6) is 1.76. The van der Waals surface area contributed by atoms with Crippen molar-refractivity contribution < 1.29 is 14.3 Å². The fraction of sp³-hybridized carbons (Fsp3) is 0.353. The number of halogens is 1. The van der Waals surface area contributed by atoms with Gasteiger partial charge in [-0.2, -0.15) is 16.9 Å². The first-order valence-electron chi connectivity index (χ1n) is 8.07. The molecule has 2 heterocycles. The molecule has 0 fully saturated rings. The molecule has 1 aliphatic heterocycles. The molecule has 1 aliphatic rings. The molecule has 0 spiro atoms. The number of ether oxygens (including phenoxy) is 1. The first-order chi connectivity index (χ1) is 12.6. The van der Waals surface area contributed by atoms with Gasteiger partial charge in [0.05, 0.1) is 12.3 Å². The zero-order valence-corrected chi connectivity index (χ0v) is 16.7. The van der Waals surface area contributed by atoms with Crippen molar-refractivity contribution in [2.45, 2.75) is 18.1 Å². The Kier molecular flexibility index (Phi) is 6.33. The standard InChI is InChI=1S/C17H19BrN4O3S/c1-25-7-6-19-15(23)8-22-16(13-9-26-10-14(13)21-22)20-17(24)11-2-4-12(18)5-3-11/h2-5H,6-10H2,1H3,(H,19,23)(H,20,24). The van der Waals surface area contributed by atoms with Crippen LogP contribution in [0.1, 0.15) is 21.6 Å². The van der Waals surface area contributed by atoms with Gasteiger partial charge < -0.3 is 15.4 Å². The molecule has 9 heteroatoms. The number of amides is 2. The summed E-state index contributed by atoms with van der Waals surface area (Å²) in [4.78, 5) is 24.7. The van der Waals surface area contributed by atoms with Crippen molar-refractivity contribution in [2.75, 3.05) is 25.6 Å². The summed E-state index contributed by atoms with van der Waals surface area (Å²) < 4.78 is 7.40. The number of methoxy groups -OCH3 is 1. The van der Waals surface area contributed by atoms with Gasteiger partial charge >= 0.3 is 0 Å². The van der Waals surface area contributed by atoms with E-state index in [1.54, 1.807) is 35.7 Å². The van der Waals surface area contributed by atoms with E-state index in [0.29, 0.717) is 24.5 Å². The first kappa shape index (κ1) is 18.9. The zero-order chi connectivity index (χ0) is 18.5. The van der Waals surface area contributed by atoms with Crippen LogP contribution in [-0.2, 0) is 27.6 Å². The number of anilines is 1. The van der Waals surface area contributed by atoms with E-state index in [2.05, 4.69) is 31.7 Å². The molecule has 0 radical (unpaired) electrons. The van der Waals surface area contributed by atoms with Gasteiger partial charge in [0.1, 0.15) is 12.4 Å². The van der Waals surface area contributed by atoms with Crippen molar-refractivity contribution in [1.82, 2.24) is 15.1 Å². The minimum absolute atomic E-state index is 0.0529. The van der Waals surface area contributed by atoms with Gasteiger partial charge in [-0.15, -0.1) is 0 Å². The Morgan fingerprint density at radius 1 is 1.31 bits per heavy atom. The average Bonchev–Trinajstić information content (AvgIpc) is 3.18. The Morgan fingerprint density at radius 2 is 2.08 bits per heavy atom. The highest BCUT2D eigenvalue weighted by Crippen LogP contribution is 2.34. The Bertz CT molecular complexity index is 807. The second kappa shape index (κ2) is 8.70. The van der Waals surface area contributed by atoms with Crippen LogP contribution in [0.2, 0.25) is 0 Å². The highest BCUT2D eigenvalue weighted by atomic mass is 79.9. The molecule has 2 N–H and O–H groups in total. The lowest BCUT2D eigenvalue weighted by Gasteiger charge is -2.11. The second-order valence-corrected chi connectivity index (χ2v) is 7.63. The lowest BCUT2D eigenvalue weighted by molar-refractivity contribution is -0.122. The first-order valence-corrected chi connectivity index (χ1v) is 10.0. The zero-order valence-electron chi connectivity index (χ0n) is 14.3. The van der Waals surface area contributed by atoms with Crippen molar-refractivity contribution in [3.63, 3.8) is 0 Å².